The van der Waals surface area contributed by atoms with Crippen LogP contribution in [0.1, 0.15) is 15.9 Å². The van der Waals surface area contributed by atoms with E-state index in [1.54, 1.807) is 34.4 Å². The number of pyridine rings is 1. The standard InChI is InChI=1S/C29H29N11O3/c1-19-15-32-25(22-17-31-23(18-30-22)37-11-13-43-14-12-37)26-24(19)21(16-33-26)27(41)28(42)38-7-9-39(10-8-38)29-34-35-36-40(29)20-5-3-2-4-6-20/h2-6,15-18,33H,7-14H2,1H3. The predicted molar refractivity (Wildman–Crippen MR) is 157 cm³/mol. The summed E-state index contributed by atoms with van der Waals surface area (Å²) in [6.45, 7) is 6.43. The number of hydrogen-bond donors (Lipinski definition) is 1. The van der Waals surface area contributed by atoms with Crippen molar-refractivity contribution in [2.24, 2.45) is 0 Å². The van der Waals surface area contributed by atoms with E-state index in [9.17, 15) is 9.59 Å². The molecular formula is C29H29N11O3. The van der Waals surface area contributed by atoms with Crippen molar-refractivity contribution in [1.82, 2.24) is 45.0 Å². The van der Waals surface area contributed by atoms with Gasteiger partial charge in [-0.25, -0.2) is 9.97 Å². The number of aromatic amines is 1. The molecule has 0 saturated carbocycles. The van der Waals surface area contributed by atoms with Gasteiger partial charge in [-0.2, -0.15) is 4.68 Å². The van der Waals surface area contributed by atoms with Crippen LogP contribution in [0.3, 0.4) is 0 Å². The van der Waals surface area contributed by atoms with Gasteiger partial charge in [0.25, 0.3) is 11.7 Å². The van der Waals surface area contributed by atoms with Crippen LogP contribution in [0.25, 0.3) is 28.0 Å². The van der Waals surface area contributed by atoms with Crippen molar-refractivity contribution in [1.29, 1.82) is 0 Å². The van der Waals surface area contributed by atoms with Crippen LogP contribution in [0.4, 0.5) is 11.8 Å². The highest BCUT2D eigenvalue weighted by molar-refractivity contribution is 6.45. The van der Waals surface area contributed by atoms with Gasteiger partial charge < -0.3 is 24.4 Å². The van der Waals surface area contributed by atoms with Gasteiger partial charge in [0.2, 0.25) is 5.95 Å². The number of Topliss-reactive ketones (excluding diaryl/α,β-unsaturated/α-hetero) is 1. The lowest BCUT2D eigenvalue weighted by Gasteiger charge is -2.34. The molecule has 2 fully saturated rings. The van der Waals surface area contributed by atoms with Crippen LogP contribution in [0.2, 0.25) is 0 Å². The highest BCUT2D eigenvalue weighted by Crippen LogP contribution is 2.30. The SMILES string of the molecule is Cc1cnc(-c2cnc(N3CCOCC3)cn2)c2[nH]cc(C(=O)C(=O)N3CCN(c4nnnn4-c4ccccc4)CC3)c12. The minimum atomic E-state index is -0.567. The molecule has 0 atom stereocenters. The number of ketones is 1. The Hall–Kier alpha value is -5.24. The molecule has 14 nitrogen and oxygen atoms in total. The summed E-state index contributed by atoms with van der Waals surface area (Å²) in [5, 5.41) is 12.8. The van der Waals surface area contributed by atoms with Crippen molar-refractivity contribution in [3.8, 4) is 17.1 Å². The van der Waals surface area contributed by atoms with Crippen LogP contribution < -0.4 is 9.80 Å². The summed E-state index contributed by atoms with van der Waals surface area (Å²) in [5.74, 6) is 0.261. The number of hydrogen-bond acceptors (Lipinski definition) is 11. The number of carbonyl (C=O) groups is 2. The number of rotatable bonds is 6. The molecule has 0 spiro atoms. The van der Waals surface area contributed by atoms with Gasteiger partial charge >= 0.3 is 0 Å². The predicted octanol–water partition coefficient (Wildman–Crippen LogP) is 1.67. The summed E-state index contributed by atoms with van der Waals surface area (Å²) < 4.78 is 7.09. The van der Waals surface area contributed by atoms with Crippen molar-refractivity contribution in [2.75, 3.05) is 62.3 Å². The number of aryl methyl sites for hydroxylation is 1. The van der Waals surface area contributed by atoms with Crippen molar-refractivity contribution in [3.05, 3.63) is 66.2 Å². The fourth-order valence-electron chi connectivity index (χ4n) is 5.57. The molecule has 2 aliphatic rings. The highest BCUT2D eigenvalue weighted by Gasteiger charge is 2.31. The Balaban J connectivity index is 1.08. The zero-order valence-electron chi connectivity index (χ0n) is 23.5. The van der Waals surface area contributed by atoms with Crippen molar-refractivity contribution >= 4 is 34.4 Å². The fourth-order valence-corrected chi connectivity index (χ4v) is 5.57. The third kappa shape index (κ3) is 4.95. The van der Waals surface area contributed by atoms with E-state index < -0.39 is 11.7 Å². The summed E-state index contributed by atoms with van der Waals surface area (Å²) in [7, 11) is 0. The number of amides is 1. The number of aromatic nitrogens is 8. The number of carbonyl (C=O) groups excluding carboxylic acids is 2. The van der Waals surface area contributed by atoms with Crippen LogP contribution in [-0.2, 0) is 9.53 Å². The maximum absolute atomic E-state index is 13.6. The average molecular weight is 580 g/mol. The number of nitrogens with zero attached hydrogens (tertiary/aromatic N) is 10. The van der Waals surface area contributed by atoms with Crippen molar-refractivity contribution in [2.45, 2.75) is 6.92 Å². The van der Waals surface area contributed by atoms with Gasteiger partial charge in [0.1, 0.15) is 17.2 Å². The molecule has 1 aromatic carbocycles. The molecule has 14 heteroatoms. The van der Waals surface area contributed by atoms with E-state index in [1.807, 2.05) is 42.2 Å². The van der Waals surface area contributed by atoms with Gasteiger partial charge in [0, 0.05) is 57.0 Å². The first-order valence-corrected chi connectivity index (χ1v) is 14.1. The number of anilines is 2. The van der Waals surface area contributed by atoms with Crippen LogP contribution >= 0.6 is 0 Å². The molecule has 0 unspecified atom stereocenters. The normalized spacial score (nSPS) is 15.7. The molecule has 1 amide bonds. The maximum Gasteiger partial charge on any atom is 0.295 e. The van der Waals surface area contributed by atoms with E-state index in [1.165, 1.54) is 0 Å². The summed E-state index contributed by atoms with van der Waals surface area (Å²) in [4.78, 5) is 49.7. The first kappa shape index (κ1) is 26.6. The number of benzene rings is 1. The van der Waals surface area contributed by atoms with Crippen molar-refractivity contribution in [3.63, 3.8) is 0 Å². The number of piperazine rings is 1. The zero-order valence-corrected chi connectivity index (χ0v) is 23.5. The van der Waals surface area contributed by atoms with E-state index in [0.29, 0.717) is 73.2 Å². The second-order valence-corrected chi connectivity index (χ2v) is 10.4. The number of ether oxygens (including phenoxy) is 1. The maximum atomic E-state index is 13.6. The fraction of sp³-hybridized carbons (Fsp3) is 0.310. The average Bonchev–Trinajstić information content (AvgIpc) is 3.74. The second kappa shape index (κ2) is 11.2. The molecule has 2 saturated heterocycles. The Kier molecular flexibility index (Phi) is 6.95. The Morgan fingerprint density at radius 2 is 1.67 bits per heavy atom. The van der Waals surface area contributed by atoms with E-state index in [2.05, 4.69) is 40.4 Å². The van der Waals surface area contributed by atoms with Crippen LogP contribution in [0, 0.1) is 6.92 Å². The van der Waals surface area contributed by atoms with E-state index in [-0.39, 0.29) is 0 Å². The third-order valence-corrected chi connectivity index (χ3v) is 7.86. The molecule has 0 aliphatic carbocycles. The Morgan fingerprint density at radius 3 is 2.42 bits per heavy atom. The lowest BCUT2D eigenvalue weighted by molar-refractivity contribution is -0.126. The molecule has 0 radical (unpaired) electrons. The molecule has 6 heterocycles. The lowest BCUT2D eigenvalue weighted by Crippen LogP contribution is -2.51. The summed E-state index contributed by atoms with van der Waals surface area (Å²) in [6.07, 6.45) is 6.69. The minimum absolute atomic E-state index is 0.314. The smallest absolute Gasteiger partial charge is 0.295 e. The Labute approximate surface area is 246 Å². The van der Waals surface area contributed by atoms with E-state index in [4.69, 9.17) is 4.74 Å². The van der Waals surface area contributed by atoms with Gasteiger partial charge in [0.15, 0.2) is 0 Å². The monoisotopic (exact) mass is 579 g/mol. The zero-order chi connectivity index (χ0) is 29.3. The molecule has 218 valence electrons. The van der Waals surface area contributed by atoms with Crippen LogP contribution in [-0.4, -0.2) is 109 Å². The largest absolute Gasteiger partial charge is 0.378 e. The molecule has 43 heavy (non-hydrogen) atoms. The quantitative estimate of drug-likeness (QED) is 0.231. The number of para-hydroxylation sites is 1. The first-order chi connectivity index (χ1) is 21.1. The van der Waals surface area contributed by atoms with Gasteiger partial charge in [-0.3, -0.25) is 14.6 Å². The molecule has 0 bridgehead atoms. The van der Waals surface area contributed by atoms with Gasteiger partial charge in [-0.1, -0.05) is 23.3 Å². The first-order valence-electron chi connectivity index (χ1n) is 14.1. The topological polar surface area (TPSA) is 151 Å². The van der Waals surface area contributed by atoms with E-state index >= 15 is 0 Å². The Bertz CT molecular complexity index is 1770. The van der Waals surface area contributed by atoms with Crippen LogP contribution in [0.5, 0.6) is 0 Å². The molecule has 5 aromatic rings. The lowest BCUT2D eigenvalue weighted by atomic mass is 10.0. The third-order valence-electron chi connectivity index (χ3n) is 7.86. The van der Waals surface area contributed by atoms with E-state index in [0.717, 1.165) is 30.2 Å². The number of tetrazole rings is 1. The van der Waals surface area contributed by atoms with Crippen LogP contribution in [0.15, 0.2) is 55.1 Å². The molecule has 4 aromatic heterocycles. The second-order valence-electron chi connectivity index (χ2n) is 10.4. The van der Waals surface area contributed by atoms with Gasteiger partial charge in [-0.15, -0.1) is 0 Å². The highest BCUT2D eigenvalue weighted by atomic mass is 16.5. The van der Waals surface area contributed by atoms with Crippen molar-refractivity contribution < 1.29 is 14.3 Å². The number of nitrogens with one attached hydrogen (secondary N) is 1. The Morgan fingerprint density at radius 1 is 0.884 bits per heavy atom. The van der Waals surface area contributed by atoms with Gasteiger partial charge in [-0.05, 0) is 35.0 Å². The van der Waals surface area contributed by atoms with Gasteiger partial charge in [0.05, 0.1) is 42.4 Å². The summed E-state index contributed by atoms with van der Waals surface area (Å²) in [6, 6.07) is 9.62. The molecule has 2 aliphatic heterocycles. The molecule has 1 N–H and O–H groups in total. The summed E-state index contributed by atoms with van der Waals surface area (Å²) >= 11 is 0. The number of morpholine rings is 1. The molecule has 7 rings (SSSR count). The minimum Gasteiger partial charge on any atom is -0.378 e. The summed E-state index contributed by atoms with van der Waals surface area (Å²) in [5.41, 5.74) is 3.73. The number of H-pyrrole nitrogens is 1. The molecular weight excluding hydrogens is 550 g/mol. The number of fused-ring (bicyclic) bond motifs is 1.